The van der Waals surface area contributed by atoms with Gasteiger partial charge in [-0.2, -0.15) is 0 Å². The Balaban J connectivity index is 1.39. The van der Waals surface area contributed by atoms with E-state index in [2.05, 4.69) is 9.55 Å². The Labute approximate surface area is 148 Å². The van der Waals surface area contributed by atoms with Crippen LogP contribution in [0.5, 0.6) is 0 Å². The van der Waals surface area contributed by atoms with Crippen LogP contribution in [-0.4, -0.2) is 70.1 Å². The molecule has 0 radical (unpaired) electrons. The monoisotopic (exact) mass is 348 g/mol. The number of piperidine rings is 1. The quantitative estimate of drug-likeness (QED) is 0.800. The van der Waals surface area contributed by atoms with Gasteiger partial charge in [-0.15, -0.1) is 0 Å². The van der Waals surface area contributed by atoms with E-state index in [1.165, 1.54) is 6.42 Å². The maximum atomic E-state index is 12.7. The van der Waals surface area contributed by atoms with Crippen molar-refractivity contribution in [2.24, 2.45) is 5.92 Å². The normalized spacial score (nSPS) is 22.2. The Kier molecular flexibility index (Phi) is 6.07. The smallest absolute Gasteiger partial charge is 0.253 e. The molecule has 2 aliphatic rings. The van der Waals surface area contributed by atoms with Crippen molar-refractivity contribution in [3.8, 4) is 0 Å². The fraction of sp³-hybridized carbons (Fsp3) is 0.722. The summed E-state index contributed by atoms with van der Waals surface area (Å²) in [5, 5.41) is 0. The SMILES string of the molecule is CC(=O)N1CCOC(C(=O)N2CCC(CCCn3ccnc3)CC2)C1. The van der Waals surface area contributed by atoms with E-state index in [1.807, 2.05) is 23.6 Å². The third kappa shape index (κ3) is 4.81. The van der Waals surface area contributed by atoms with Crippen LogP contribution in [0.3, 0.4) is 0 Å². The number of hydrogen-bond donors (Lipinski definition) is 0. The molecule has 7 nitrogen and oxygen atoms in total. The molecular formula is C18H28N4O3. The van der Waals surface area contributed by atoms with Crippen LogP contribution < -0.4 is 0 Å². The molecule has 1 atom stereocenters. The summed E-state index contributed by atoms with van der Waals surface area (Å²) in [6.45, 7) is 5.57. The maximum absolute atomic E-state index is 12.7. The lowest BCUT2D eigenvalue weighted by Crippen LogP contribution is -2.53. The number of aryl methyl sites for hydroxylation is 1. The Bertz CT molecular complexity index is 567. The van der Waals surface area contributed by atoms with Crippen LogP contribution in [0.2, 0.25) is 0 Å². The highest BCUT2D eigenvalue weighted by Crippen LogP contribution is 2.23. The summed E-state index contributed by atoms with van der Waals surface area (Å²) >= 11 is 0. The molecule has 3 rings (SSSR count). The second kappa shape index (κ2) is 8.47. The number of carbonyl (C=O) groups is 2. The van der Waals surface area contributed by atoms with Gasteiger partial charge in [0, 0.05) is 45.5 Å². The van der Waals surface area contributed by atoms with Crippen molar-refractivity contribution in [1.29, 1.82) is 0 Å². The zero-order valence-electron chi connectivity index (χ0n) is 15.0. The van der Waals surface area contributed by atoms with E-state index < -0.39 is 6.10 Å². The lowest BCUT2D eigenvalue weighted by Gasteiger charge is -2.37. The van der Waals surface area contributed by atoms with Crippen molar-refractivity contribution in [2.75, 3.05) is 32.8 Å². The summed E-state index contributed by atoms with van der Waals surface area (Å²) in [6.07, 6.45) is 9.62. The van der Waals surface area contributed by atoms with Gasteiger partial charge in [0.25, 0.3) is 5.91 Å². The summed E-state index contributed by atoms with van der Waals surface area (Å²) in [5.41, 5.74) is 0. The van der Waals surface area contributed by atoms with Gasteiger partial charge in [-0.1, -0.05) is 0 Å². The molecule has 7 heteroatoms. The Morgan fingerprint density at radius 3 is 2.68 bits per heavy atom. The molecule has 25 heavy (non-hydrogen) atoms. The molecule has 1 unspecified atom stereocenters. The highest BCUT2D eigenvalue weighted by molar-refractivity contribution is 5.82. The minimum Gasteiger partial charge on any atom is -0.365 e. The molecule has 0 N–H and O–H groups in total. The predicted molar refractivity (Wildman–Crippen MR) is 92.8 cm³/mol. The summed E-state index contributed by atoms with van der Waals surface area (Å²) in [7, 11) is 0. The van der Waals surface area contributed by atoms with Gasteiger partial charge in [-0.25, -0.2) is 4.98 Å². The van der Waals surface area contributed by atoms with Gasteiger partial charge < -0.3 is 19.1 Å². The average molecular weight is 348 g/mol. The fourth-order valence-electron chi connectivity index (χ4n) is 3.71. The average Bonchev–Trinajstić information content (AvgIpc) is 3.15. The number of rotatable bonds is 5. The number of morpholine rings is 1. The molecule has 1 aromatic heterocycles. The van der Waals surface area contributed by atoms with Crippen molar-refractivity contribution in [3.05, 3.63) is 18.7 Å². The van der Waals surface area contributed by atoms with E-state index >= 15 is 0 Å². The minimum absolute atomic E-state index is 0.0118. The van der Waals surface area contributed by atoms with Crippen molar-refractivity contribution in [3.63, 3.8) is 0 Å². The van der Waals surface area contributed by atoms with Crippen molar-refractivity contribution < 1.29 is 14.3 Å². The van der Waals surface area contributed by atoms with E-state index in [1.54, 1.807) is 11.8 Å². The summed E-state index contributed by atoms with van der Waals surface area (Å²) in [5.74, 6) is 0.745. The molecule has 1 aromatic rings. The van der Waals surface area contributed by atoms with Gasteiger partial charge in [-0.3, -0.25) is 9.59 Å². The first-order valence-corrected chi connectivity index (χ1v) is 9.25. The largest absolute Gasteiger partial charge is 0.365 e. The van der Waals surface area contributed by atoms with Crippen molar-refractivity contribution in [1.82, 2.24) is 19.4 Å². The van der Waals surface area contributed by atoms with Crippen molar-refractivity contribution >= 4 is 11.8 Å². The van der Waals surface area contributed by atoms with Gasteiger partial charge in [0.15, 0.2) is 6.10 Å². The van der Waals surface area contributed by atoms with Gasteiger partial charge >= 0.3 is 0 Å². The minimum atomic E-state index is -0.490. The predicted octanol–water partition coefficient (Wildman–Crippen LogP) is 1.15. The fourth-order valence-corrected chi connectivity index (χ4v) is 3.71. The molecule has 138 valence electrons. The molecule has 0 spiro atoms. The lowest BCUT2D eigenvalue weighted by molar-refractivity contribution is -0.154. The van der Waals surface area contributed by atoms with Crippen LogP contribution in [0.15, 0.2) is 18.7 Å². The first kappa shape index (κ1) is 17.9. The molecule has 2 saturated heterocycles. The number of hydrogen-bond acceptors (Lipinski definition) is 4. The number of amides is 2. The van der Waals surface area contributed by atoms with E-state index in [4.69, 9.17) is 4.74 Å². The number of likely N-dealkylation sites (tertiary alicyclic amines) is 1. The molecule has 0 aromatic carbocycles. The number of ether oxygens (including phenoxy) is 1. The first-order chi connectivity index (χ1) is 12.1. The highest BCUT2D eigenvalue weighted by atomic mass is 16.5. The van der Waals surface area contributed by atoms with E-state index in [0.717, 1.165) is 38.9 Å². The Morgan fingerprint density at radius 1 is 1.20 bits per heavy atom. The van der Waals surface area contributed by atoms with Crippen LogP contribution in [0.1, 0.15) is 32.6 Å². The van der Waals surface area contributed by atoms with Gasteiger partial charge in [-0.05, 0) is 31.6 Å². The zero-order valence-corrected chi connectivity index (χ0v) is 15.0. The maximum Gasteiger partial charge on any atom is 0.253 e. The van der Waals surface area contributed by atoms with E-state index in [-0.39, 0.29) is 11.8 Å². The second-order valence-electron chi connectivity index (χ2n) is 7.04. The highest BCUT2D eigenvalue weighted by Gasteiger charge is 2.32. The first-order valence-electron chi connectivity index (χ1n) is 9.25. The molecule has 0 aliphatic carbocycles. The summed E-state index contributed by atoms with van der Waals surface area (Å²) in [4.78, 5) is 31.8. The standard InChI is InChI=1S/C18H28N4O3/c1-15(23)22-11-12-25-17(13-22)18(24)21-8-4-16(5-9-21)3-2-7-20-10-6-19-14-20/h6,10,14,16-17H,2-5,7-9,11-13H2,1H3. The van der Waals surface area contributed by atoms with Crippen LogP contribution >= 0.6 is 0 Å². The summed E-state index contributed by atoms with van der Waals surface area (Å²) < 4.78 is 7.72. The Morgan fingerprint density at radius 2 is 2.00 bits per heavy atom. The zero-order chi connectivity index (χ0) is 17.6. The molecule has 0 saturated carbocycles. The van der Waals surface area contributed by atoms with Gasteiger partial charge in [0.1, 0.15) is 0 Å². The number of nitrogens with zero attached hydrogens (tertiary/aromatic N) is 4. The molecule has 3 heterocycles. The van der Waals surface area contributed by atoms with E-state index in [9.17, 15) is 9.59 Å². The lowest BCUT2D eigenvalue weighted by atomic mass is 9.92. The number of aromatic nitrogens is 2. The number of carbonyl (C=O) groups excluding carboxylic acids is 2. The van der Waals surface area contributed by atoms with Gasteiger partial charge in [0.05, 0.1) is 19.5 Å². The number of imidazole rings is 1. The third-order valence-corrected chi connectivity index (χ3v) is 5.30. The molecular weight excluding hydrogens is 320 g/mol. The molecule has 2 aliphatic heterocycles. The molecule has 2 fully saturated rings. The van der Waals surface area contributed by atoms with Crippen LogP contribution in [0.4, 0.5) is 0 Å². The van der Waals surface area contributed by atoms with Crippen LogP contribution in [0.25, 0.3) is 0 Å². The van der Waals surface area contributed by atoms with E-state index in [0.29, 0.717) is 25.6 Å². The molecule has 2 amide bonds. The second-order valence-corrected chi connectivity index (χ2v) is 7.04. The Hall–Kier alpha value is -1.89. The van der Waals surface area contributed by atoms with Crippen LogP contribution in [-0.2, 0) is 20.9 Å². The topological polar surface area (TPSA) is 67.7 Å². The van der Waals surface area contributed by atoms with Gasteiger partial charge in [0.2, 0.25) is 5.91 Å². The van der Waals surface area contributed by atoms with Crippen molar-refractivity contribution in [2.45, 2.75) is 45.3 Å². The molecule has 0 bridgehead atoms. The third-order valence-electron chi connectivity index (χ3n) is 5.30. The summed E-state index contributed by atoms with van der Waals surface area (Å²) in [6, 6.07) is 0. The van der Waals surface area contributed by atoms with Crippen LogP contribution in [0, 0.1) is 5.92 Å².